The van der Waals surface area contributed by atoms with Crippen molar-refractivity contribution in [3.8, 4) is 0 Å². The number of unbranched alkanes of at least 4 members (excludes halogenated alkanes) is 39. The van der Waals surface area contributed by atoms with Crippen LogP contribution in [-0.2, 0) is 28.6 Å². The molecule has 0 heterocycles. The molecule has 0 rings (SSSR count). The van der Waals surface area contributed by atoms with E-state index >= 15 is 0 Å². The van der Waals surface area contributed by atoms with Gasteiger partial charge in [0.25, 0.3) is 0 Å². The molecule has 0 aliphatic rings. The molecule has 0 fully saturated rings. The molecule has 0 spiro atoms. The van der Waals surface area contributed by atoms with Crippen LogP contribution < -0.4 is 0 Å². The van der Waals surface area contributed by atoms with Gasteiger partial charge in [-0.3, -0.25) is 14.4 Å². The predicted molar refractivity (Wildman–Crippen MR) is 257 cm³/mol. The van der Waals surface area contributed by atoms with Gasteiger partial charge in [0, 0.05) is 19.3 Å². The van der Waals surface area contributed by atoms with Crippen LogP contribution >= 0.6 is 0 Å². The Hall–Kier alpha value is -1.59. The fourth-order valence-electron chi connectivity index (χ4n) is 8.27. The molecule has 0 bridgehead atoms. The first kappa shape index (κ1) is 58.4. The molecule has 0 amide bonds. The molecule has 0 aliphatic heterocycles. The van der Waals surface area contributed by atoms with Gasteiger partial charge in [-0.25, -0.2) is 0 Å². The van der Waals surface area contributed by atoms with Crippen molar-refractivity contribution in [2.45, 2.75) is 316 Å². The van der Waals surface area contributed by atoms with E-state index < -0.39 is 6.10 Å². The van der Waals surface area contributed by atoms with Gasteiger partial charge >= 0.3 is 17.9 Å². The van der Waals surface area contributed by atoms with E-state index in [2.05, 4.69) is 20.8 Å². The number of esters is 3. The third kappa shape index (κ3) is 47.5. The zero-order valence-electron chi connectivity index (χ0n) is 40.8. The lowest BCUT2D eigenvalue weighted by Gasteiger charge is -2.18. The zero-order chi connectivity index (χ0) is 43.7. The smallest absolute Gasteiger partial charge is 0.306 e. The molecule has 0 aromatic rings. The van der Waals surface area contributed by atoms with Gasteiger partial charge < -0.3 is 14.2 Å². The summed E-state index contributed by atoms with van der Waals surface area (Å²) in [6.45, 7) is 6.61. The lowest BCUT2D eigenvalue weighted by Crippen LogP contribution is -2.30. The van der Waals surface area contributed by atoms with E-state index in [1.165, 1.54) is 205 Å². The van der Waals surface area contributed by atoms with Crippen LogP contribution in [0.4, 0.5) is 0 Å². The molecule has 0 saturated heterocycles. The van der Waals surface area contributed by atoms with Crippen LogP contribution in [0.1, 0.15) is 310 Å². The van der Waals surface area contributed by atoms with Crippen molar-refractivity contribution in [3.05, 3.63) is 0 Å². The maximum atomic E-state index is 12.7. The van der Waals surface area contributed by atoms with E-state index in [1.807, 2.05) is 0 Å². The molecule has 0 radical (unpaired) electrons. The van der Waals surface area contributed by atoms with Gasteiger partial charge in [0.2, 0.25) is 0 Å². The van der Waals surface area contributed by atoms with Crippen molar-refractivity contribution in [2.75, 3.05) is 13.2 Å². The summed E-state index contributed by atoms with van der Waals surface area (Å²) < 4.78 is 16.7. The number of hydrogen-bond donors (Lipinski definition) is 0. The second-order valence-electron chi connectivity index (χ2n) is 18.5. The molecule has 60 heavy (non-hydrogen) atoms. The van der Waals surface area contributed by atoms with Crippen molar-refractivity contribution in [1.29, 1.82) is 0 Å². The van der Waals surface area contributed by atoms with Crippen molar-refractivity contribution < 1.29 is 28.6 Å². The standard InChI is InChI=1S/C54H104O6/c1-4-7-10-13-15-17-19-21-23-25-27-29-30-32-34-36-38-41-44-47-53(56)59-50-51(49-58-52(55)46-43-40-12-9-6-3)60-54(57)48-45-42-39-37-35-33-31-28-26-24-22-20-18-16-14-11-8-5-2/h51H,4-50H2,1-3H3. The molecule has 6 nitrogen and oxygen atoms in total. The number of ether oxygens (including phenoxy) is 3. The van der Waals surface area contributed by atoms with E-state index in [1.54, 1.807) is 0 Å². The van der Waals surface area contributed by atoms with E-state index in [0.717, 1.165) is 64.2 Å². The second-order valence-corrected chi connectivity index (χ2v) is 18.5. The van der Waals surface area contributed by atoms with Crippen molar-refractivity contribution in [2.24, 2.45) is 0 Å². The van der Waals surface area contributed by atoms with Crippen molar-refractivity contribution in [3.63, 3.8) is 0 Å². The van der Waals surface area contributed by atoms with E-state index in [4.69, 9.17) is 14.2 Å². The summed E-state index contributed by atoms with van der Waals surface area (Å²) in [4.78, 5) is 37.7. The molecule has 6 heteroatoms. The van der Waals surface area contributed by atoms with Crippen molar-refractivity contribution >= 4 is 17.9 Å². The summed E-state index contributed by atoms with van der Waals surface area (Å²) in [6, 6.07) is 0. The first-order valence-corrected chi connectivity index (χ1v) is 27.0. The largest absolute Gasteiger partial charge is 0.462 e. The number of rotatable bonds is 50. The minimum absolute atomic E-state index is 0.0629. The molecular formula is C54H104O6. The number of carbonyl (C=O) groups is 3. The fourth-order valence-corrected chi connectivity index (χ4v) is 8.27. The summed E-state index contributed by atoms with van der Waals surface area (Å²) in [7, 11) is 0. The Kier molecular flexibility index (Phi) is 48.7. The SMILES string of the molecule is CCCCCCCCCCCCCCCCCCCCCC(=O)OCC(COC(=O)CCCCCCC)OC(=O)CCCCCCCCCCCCCCCCCCCC. The lowest BCUT2D eigenvalue weighted by molar-refractivity contribution is -0.167. The highest BCUT2D eigenvalue weighted by Gasteiger charge is 2.19. The third-order valence-corrected chi connectivity index (χ3v) is 12.4. The van der Waals surface area contributed by atoms with Crippen molar-refractivity contribution in [1.82, 2.24) is 0 Å². The Balaban J connectivity index is 4.06. The maximum absolute atomic E-state index is 12.7. The highest BCUT2D eigenvalue weighted by Crippen LogP contribution is 2.17. The monoisotopic (exact) mass is 849 g/mol. The summed E-state index contributed by atoms with van der Waals surface area (Å²) in [5.74, 6) is -0.854. The van der Waals surface area contributed by atoms with Crippen LogP contribution in [0.25, 0.3) is 0 Å². The van der Waals surface area contributed by atoms with E-state index in [-0.39, 0.29) is 31.1 Å². The molecule has 0 aromatic heterocycles. The minimum Gasteiger partial charge on any atom is -0.462 e. The molecule has 0 N–H and O–H groups in total. The van der Waals surface area contributed by atoms with Crippen LogP contribution in [0.5, 0.6) is 0 Å². The molecule has 0 aliphatic carbocycles. The van der Waals surface area contributed by atoms with Gasteiger partial charge in [-0.1, -0.05) is 271 Å². The summed E-state index contributed by atoms with van der Waals surface area (Å²) in [5.41, 5.74) is 0. The van der Waals surface area contributed by atoms with Crippen LogP contribution in [0.2, 0.25) is 0 Å². The highest BCUT2D eigenvalue weighted by atomic mass is 16.6. The maximum Gasteiger partial charge on any atom is 0.306 e. The first-order valence-electron chi connectivity index (χ1n) is 27.0. The Morgan fingerprint density at radius 3 is 0.667 bits per heavy atom. The number of carbonyl (C=O) groups excluding carboxylic acids is 3. The van der Waals surface area contributed by atoms with Gasteiger partial charge in [0.1, 0.15) is 13.2 Å². The predicted octanol–water partition coefficient (Wildman–Crippen LogP) is 17.6. The average Bonchev–Trinajstić information content (AvgIpc) is 3.24. The first-order chi connectivity index (χ1) is 29.5. The van der Waals surface area contributed by atoms with Gasteiger partial charge in [0.05, 0.1) is 0 Å². The summed E-state index contributed by atoms with van der Waals surface area (Å²) >= 11 is 0. The van der Waals surface area contributed by atoms with E-state index in [9.17, 15) is 14.4 Å². The average molecular weight is 849 g/mol. The zero-order valence-corrected chi connectivity index (χ0v) is 40.8. The topological polar surface area (TPSA) is 78.9 Å². The van der Waals surface area contributed by atoms with Crippen LogP contribution in [-0.4, -0.2) is 37.2 Å². The Morgan fingerprint density at radius 1 is 0.267 bits per heavy atom. The molecule has 0 saturated carbocycles. The highest BCUT2D eigenvalue weighted by molar-refractivity contribution is 5.71. The van der Waals surface area contributed by atoms with Crippen LogP contribution in [0.15, 0.2) is 0 Å². The second kappa shape index (κ2) is 50.1. The normalized spacial score (nSPS) is 11.8. The molecule has 1 atom stereocenters. The van der Waals surface area contributed by atoms with Gasteiger partial charge in [0.15, 0.2) is 6.10 Å². The third-order valence-electron chi connectivity index (χ3n) is 12.4. The van der Waals surface area contributed by atoms with Gasteiger partial charge in [-0.2, -0.15) is 0 Å². The number of hydrogen-bond acceptors (Lipinski definition) is 6. The quantitative estimate of drug-likeness (QED) is 0.0345. The fraction of sp³-hybridized carbons (Fsp3) is 0.944. The minimum atomic E-state index is -0.758. The van der Waals surface area contributed by atoms with Gasteiger partial charge in [-0.15, -0.1) is 0 Å². The van der Waals surface area contributed by atoms with Gasteiger partial charge in [-0.05, 0) is 19.3 Å². The molecule has 0 aromatic carbocycles. The lowest BCUT2D eigenvalue weighted by atomic mass is 10.0. The summed E-state index contributed by atoms with van der Waals surface area (Å²) in [6.07, 6.45) is 54.2. The Labute approximate surface area is 374 Å². The molecule has 356 valence electrons. The Morgan fingerprint density at radius 2 is 0.450 bits per heavy atom. The van der Waals surface area contributed by atoms with Crippen LogP contribution in [0, 0.1) is 0 Å². The molecule has 1 unspecified atom stereocenters. The molecular weight excluding hydrogens is 745 g/mol. The summed E-state index contributed by atoms with van der Waals surface area (Å²) in [5, 5.41) is 0. The van der Waals surface area contributed by atoms with E-state index in [0.29, 0.717) is 19.3 Å². The van der Waals surface area contributed by atoms with Crippen LogP contribution in [0.3, 0.4) is 0 Å². The Bertz CT molecular complexity index is 889.